The second-order valence-electron chi connectivity index (χ2n) is 5.37. The number of nitrogens with one attached hydrogen (secondary N) is 1. The zero-order valence-corrected chi connectivity index (χ0v) is 13.2. The zero-order valence-electron chi connectivity index (χ0n) is 13.2. The third-order valence-corrected chi connectivity index (χ3v) is 2.99. The van der Waals surface area contributed by atoms with Gasteiger partial charge < -0.3 is 19.5 Å². The van der Waals surface area contributed by atoms with E-state index in [0.29, 0.717) is 12.5 Å². The molecule has 0 aliphatic carbocycles. The minimum atomic E-state index is 0.0578. The van der Waals surface area contributed by atoms with Gasteiger partial charge in [0.15, 0.2) is 11.5 Å². The van der Waals surface area contributed by atoms with Gasteiger partial charge in [0.1, 0.15) is 6.61 Å². The summed E-state index contributed by atoms with van der Waals surface area (Å²) in [5.74, 6) is 2.16. The van der Waals surface area contributed by atoms with Crippen molar-refractivity contribution in [1.29, 1.82) is 0 Å². The van der Waals surface area contributed by atoms with Crippen LogP contribution >= 0.6 is 0 Å². The molecule has 0 aliphatic rings. The largest absolute Gasteiger partial charge is 0.493 e. The fourth-order valence-corrected chi connectivity index (χ4v) is 1.72. The summed E-state index contributed by atoms with van der Waals surface area (Å²) in [4.78, 5) is 0. The van der Waals surface area contributed by atoms with E-state index in [1.165, 1.54) is 5.56 Å². The first-order valence-electron chi connectivity index (χ1n) is 7.10. The standard InChI is InChI=1S/C16H27NO3/c1-12(2)9-17-10-14-6-7-15(19-5)16(8-14)20-11-13(3)18-4/h6-8,12-13,17H,9-11H2,1-5H3. The molecule has 0 heterocycles. The maximum absolute atomic E-state index is 5.77. The lowest BCUT2D eigenvalue weighted by atomic mass is 10.2. The number of benzene rings is 1. The molecule has 0 aromatic heterocycles. The van der Waals surface area contributed by atoms with Gasteiger partial charge in [-0.15, -0.1) is 0 Å². The monoisotopic (exact) mass is 281 g/mol. The molecule has 0 bridgehead atoms. The van der Waals surface area contributed by atoms with E-state index in [1.54, 1.807) is 14.2 Å². The molecule has 0 fully saturated rings. The molecule has 1 N–H and O–H groups in total. The quantitative estimate of drug-likeness (QED) is 0.755. The van der Waals surface area contributed by atoms with E-state index < -0.39 is 0 Å². The Morgan fingerprint density at radius 2 is 1.85 bits per heavy atom. The number of methoxy groups -OCH3 is 2. The van der Waals surface area contributed by atoms with Gasteiger partial charge in [0.2, 0.25) is 0 Å². The molecule has 1 aromatic rings. The van der Waals surface area contributed by atoms with E-state index >= 15 is 0 Å². The highest BCUT2D eigenvalue weighted by molar-refractivity contribution is 5.43. The summed E-state index contributed by atoms with van der Waals surface area (Å²) in [5.41, 5.74) is 1.19. The van der Waals surface area contributed by atoms with Crippen molar-refractivity contribution in [3.05, 3.63) is 23.8 Å². The molecule has 0 spiro atoms. The van der Waals surface area contributed by atoms with Crippen LogP contribution in [0.3, 0.4) is 0 Å². The van der Waals surface area contributed by atoms with E-state index in [0.717, 1.165) is 24.6 Å². The van der Waals surface area contributed by atoms with Crippen molar-refractivity contribution in [2.45, 2.75) is 33.4 Å². The van der Waals surface area contributed by atoms with Gasteiger partial charge in [0.25, 0.3) is 0 Å². The Morgan fingerprint density at radius 3 is 2.45 bits per heavy atom. The molecule has 1 aromatic carbocycles. The topological polar surface area (TPSA) is 39.7 Å². The average Bonchev–Trinajstić information content (AvgIpc) is 2.44. The van der Waals surface area contributed by atoms with Gasteiger partial charge >= 0.3 is 0 Å². The first-order chi connectivity index (χ1) is 9.56. The molecule has 4 nitrogen and oxygen atoms in total. The summed E-state index contributed by atoms with van der Waals surface area (Å²) in [6, 6.07) is 6.02. The smallest absolute Gasteiger partial charge is 0.161 e. The molecule has 0 radical (unpaired) electrons. The van der Waals surface area contributed by atoms with Crippen LogP contribution in [0.2, 0.25) is 0 Å². The molecule has 114 valence electrons. The second-order valence-corrected chi connectivity index (χ2v) is 5.37. The Kier molecular flexibility index (Phi) is 7.41. The molecule has 4 heteroatoms. The van der Waals surface area contributed by atoms with Crippen molar-refractivity contribution in [2.24, 2.45) is 5.92 Å². The van der Waals surface area contributed by atoms with Crippen LogP contribution in [-0.2, 0) is 11.3 Å². The van der Waals surface area contributed by atoms with E-state index in [2.05, 4.69) is 25.2 Å². The highest BCUT2D eigenvalue weighted by Crippen LogP contribution is 2.28. The second kappa shape index (κ2) is 8.82. The highest BCUT2D eigenvalue weighted by Gasteiger charge is 2.08. The summed E-state index contributed by atoms with van der Waals surface area (Å²) in [6.45, 7) is 8.71. The van der Waals surface area contributed by atoms with Crippen molar-refractivity contribution in [2.75, 3.05) is 27.4 Å². The van der Waals surface area contributed by atoms with Gasteiger partial charge in [0.05, 0.1) is 13.2 Å². The summed E-state index contributed by atoms with van der Waals surface area (Å²) >= 11 is 0. The van der Waals surface area contributed by atoms with Crippen LogP contribution < -0.4 is 14.8 Å². The normalized spacial score (nSPS) is 12.5. The molecule has 1 atom stereocenters. The minimum Gasteiger partial charge on any atom is -0.493 e. The van der Waals surface area contributed by atoms with E-state index in [1.807, 2.05) is 19.1 Å². The number of ether oxygens (including phenoxy) is 3. The molecule has 0 saturated carbocycles. The molecule has 0 aliphatic heterocycles. The lowest BCUT2D eigenvalue weighted by Crippen LogP contribution is -2.19. The predicted octanol–water partition coefficient (Wildman–Crippen LogP) is 2.85. The van der Waals surface area contributed by atoms with Crippen molar-refractivity contribution in [1.82, 2.24) is 5.32 Å². The molecule has 1 rings (SSSR count). The van der Waals surface area contributed by atoms with Crippen molar-refractivity contribution in [3.8, 4) is 11.5 Å². The number of hydrogen-bond donors (Lipinski definition) is 1. The zero-order chi connectivity index (χ0) is 15.0. The van der Waals surface area contributed by atoms with Crippen LogP contribution in [0.5, 0.6) is 11.5 Å². The fourth-order valence-electron chi connectivity index (χ4n) is 1.72. The van der Waals surface area contributed by atoms with Gasteiger partial charge in [0, 0.05) is 13.7 Å². The van der Waals surface area contributed by atoms with E-state index in [9.17, 15) is 0 Å². The summed E-state index contributed by atoms with van der Waals surface area (Å²) in [5, 5.41) is 3.42. The lowest BCUT2D eigenvalue weighted by Gasteiger charge is -2.15. The maximum Gasteiger partial charge on any atom is 0.161 e. The van der Waals surface area contributed by atoms with Crippen LogP contribution in [0.4, 0.5) is 0 Å². The summed E-state index contributed by atoms with van der Waals surface area (Å²) in [7, 11) is 3.33. The minimum absolute atomic E-state index is 0.0578. The number of hydrogen-bond acceptors (Lipinski definition) is 4. The van der Waals surface area contributed by atoms with Crippen LogP contribution in [0, 0.1) is 5.92 Å². The third-order valence-electron chi connectivity index (χ3n) is 2.99. The predicted molar refractivity (Wildman–Crippen MR) is 81.5 cm³/mol. The molecular weight excluding hydrogens is 254 g/mol. The first kappa shape index (κ1) is 16.8. The van der Waals surface area contributed by atoms with Crippen LogP contribution in [-0.4, -0.2) is 33.5 Å². The molecular formula is C16H27NO3. The summed E-state index contributed by atoms with van der Waals surface area (Å²) in [6.07, 6.45) is 0.0578. The Labute approximate surface area is 122 Å². The van der Waals surface area contributed by atoms with Gasteiger partial charge in [-0.3, -0.25) is 0 Å². The maximum atomic E-state index is 5.77. The van der Waals surface area contributed by atoms with E-state index in [4.69, 9.17) is 14.2 Å². The van der Waals surface area contributed by atoms with Gasteiger partial charge in [-0.25, -0.2) is 0 Å². The average molecular weight is 281 g/mol. The molecule has 0 saturated heterocycles. The molecule has 0 amide bonds. The van der Waals surface area contributed by atoms with Crippen LogP contribution in [0.15, 0.2) is 18.2 Å². The third kappa shape index (κ3) is 5.80. The SMILES string of the molecule is COc1ccc(CNCC(C)C)cc1OCC(C)OC. The highest BCUT2D eigenvalue weighted by atomic mass is 16.5. The molecule has 20 heavy (non-hydrogen) atoms. The van der Waals surface area contributed by atoms with Gasteiger partial charge in [-0.05, 0) is 37.1 Å². The van der Waals surface area contributed by atoms with Crippen molar-refractivity contribution in [3.63, 3.8) is 0 Å². The number of rotatable bonds is 9. The van der Waals surface area contributed by atoms with E-state index in [-0.39, 0.29) is 6.10 Å². The van der Waals surface area contributed by atoms with Gasteiger partial charge in [-0.1, -0.05) is 19.9 Å². The van der Waals surface area contributed by atoms with Gasteiger partial charge in [-0.2, -0.15) is 0 Å². The Bertz CT molecular complexity index is 393. The Balaban J connectivity index is 2.65. The lowest BCUT2D eigenvalue weighted by molar-refractivity contribution is 0.0705. The van der Waals surface area contributed by atoms with Crippen LogP contribution in [0.1, 0.15) is 26.3 Å². The van der Waals surface area contributed by atoms with Crippen molar-refractivity contribution < 1.29 is 14.2 Å². The Morgan fingerprint density at radius 1 is 1.10 bits per heavy atom. The molecule has 1 unspecified atom stereocenters. The summed E-state index contributed by atoms with van der Waals surface area (Å²) < 4.78 is 16.3. The fraction of sp³-hybridized carbons (Fsp3) is 0.625. The first-order valence-corrected chi connectivity index (χ1v) is 7.10. The van der Waals surface area contributed by atoms with Crippen molar-refractivity contribution >= 4 is 0 Å². The van der Waals surface area contributed by atoms with Crippen LogP contribution in [0.25, 0.3) is 0 Å². The Hall–Kier alpha value is -1.26.